The lowest BCUT2D eigenvalue weighted by molar-refractivity contribution is 0.298. The molecular formula is C23H20N2O2S. The van der Waals surface area contributed by atoms with Crippen molar-refractivity contribution in [2.45, 2.75) is 13.2 Å². The van der Waals surface area contributed by atoms with Crippen molar-refractivity contribution >= 4 is 16.5 Å². The Balaban J connectivity index is 1.56. The third kappa shape index (κ3) is 4.50. The number of nitrogens with two attached hydrogens (primary N) is 1. The molecule has 140 valence electrons. The molecule has 0 unspecified atom stereocenters. The van der Waals surface area contributed by atoms with Crippen LogP contribution in [0.1, 0.15) is 11.1 Å². The van der Waals surface area contributed by atoms with Crippen molar-refractivity contribution in [2.75, 3.05) is 5.73 Å². The van der Waals surface area contributed by atoms with E-state index in [1.165, 1.54) is 11.3 Å². The SMILES string of the molecule is Nc1nc(-c2cc(OCc3ccccc3)ccc2OCc2ccccc2)cs1. The van der Waals surface area contributed by atoms with Crippen molar-refractivity contribution in [1.29, 1.82) is 0 Å². The Hall–Kier alpha value is -3.31. The topological polar surface area (TPSA) is 57.4 Å². The van der Waals surface area contributed by atoms with Gasteiger partial charge in [0.2, 0.25) is 0 Å². The van der Waals surface area contributed by atoms with Gasteiger partial charge < -0.3 is 15.2 Å². The van der Waals surface area contributed by atoms with E-state index in [1.54, 1.807) is 0 Å². The van der Waals surface area contributed by atoms with Crippen molar-refractivity contribution < 1.29 is 9.47 Å². The Morgan fingerprint density at radius 2 is 1.43 bits per heavy atom. The van der Waals surface area contributed by atoms with Crippen LogP contribution in [0.25, 0.3) is 11.3 Å². The van der Waals surface area contributed by atoms with Gasteiger partial charge in [-0.15, -0.1) is 11.3 Å². The second kappa shape index (κ2) is 8.59. The molecule has 4 rings (SSSR count). The average Bonchev–Trinajstić information content (AvgIpc) is 3.18. The van der Waals surface area contributed by atoms with E-state index in [0.29, 0.717) is 18.3 Å². The number of anilines is 1. The molecule has 0 fully saturated rings. The standard InChI is InChI=1S/C23H20N2O2S/c24-23-25-21(16-28-23)20-13-19(26-14-17-7-3-1-4-8-17)11-12-22(20)27-15-18-9-5-2-6-10-18/h1-13,16H,14-15H2,(H2,24,25). The molecule has 3 aromatic carbocycles. The maximum absolute atomic E-state index is 6.07. The number of thiazole rings is 1. The van der Waals surface area contributed by atoms with E-state index in [9.17, 15) is 0 Å². The number of rotatable bonds is 7. The van der Waals surface area contributed by atoms with Gasteiger partial charge in [0.15, 0.2) is 5.13 Å². The van der Waals surface area contributed by atoms with Gasteiger partial charge in [0.05, 0.1) is 5.69 Å². The van der Waals surface area contributed by atoms with Gasteiger partial charge in [0, 0.05) is 10.9 Å². The van der Waals surface area contributed by atoms with E-state index in [4.69, 9.17) is 15.2 Å². The molecule has 0 radical (unpaired) electrons. The Morgan fingerprint density at radius 1 is 0.786 bits per heavy atom. The molecule has 0 spiro atoms. The Morgan fingerprint density at radius 3 is 2.04 bits per heavy atom. The van der Waals surface area contributed by atoms with Crippen LogP contribution < -0.4 is 15.2 Å². The van der Waals surface area contributed by atoms with E-state index >= 15 is 0 Å². The van der Waals surface area contributed by atoms with Gasteiger partial charge in [0.1, 0.15) is 24.7 Å². The molecule has 5 heteroatoms. The minimum absolute atomic E-state index is 0.484. The van der Waals surface area contributed by atoms with E-state index < -0.39 is 0 Å². The lowest BCUT2D eigenvalue weighted by Crippen LogP contribution is -1.99. The Labute approximate surface area is 168 Å². The first-order valence-electron chi connectivity index (χ1n) is 8.97. The normalized spacial score (nSPS) is 10.6. The second-order valence-electron chi connectivity index (χ2n) is 6.28. The third-order valence-electron chi connectivity index (χ3n) is 4.23. The molecule has 4 nitrogen and oxygen atoms in total. The number of aromatic nitrogens is 1. The van der Waals surface area contributed by atoms with Gasteiger partial charge in [-0.1, -0.05) is 60.7 Å². The minimum Gasteiger partial charge on any atom is -0.489 e. The molecule has 0 aliphatic heterocycles. The van der Waals surface area contributed by atoms with Gasteiger partial charge in [-0.2, -0.15) is 0 Å². The molecule has 0 aliphatic carbocycles. The highest BCUT2D eigenvalue weighted by molar-refractivity contribution is 7.13. The highest BCUT2D eigenvalue weighted by Crippen LogP contribution is 2.35. The minimum atomic E-state index is 0.484. The molecule has 1 aromatic heterocycles. The first-order valence-corrected chi connectivity index (χ1v) is 9.85. The number of ether oxygens (including phenoxy) is 2. The second-order valence-corrected chi connectivity index (χ2v) is 7.17. The summed E-state index contributed by atoms with van der Waals surface area (Å²) in [5.74, 6) is 1.51. The molecule has 0 saturated heterocycles. The summed E-state index contributed by atoms with van der Waals surface area (Å²) in [6, 6.07) is 26.0. The predicted octanol–water partition coefficient (Wildman–Crippen LogP) is 5.55. The summed E-state index contributed by atoms with van der Waals surface area (Å²) < 4.78 is 12.0. The molecule has 2 N–H and O–H groups in total. The molecule has 1 heterocycles. The van der Waals surface area contributed by atoms with Crippen LogP contribution in [0.4, 0.5) is 5.13 Å². The summed E-state index contributed by atoms with van der Waals surface area (Å²) in [6.45, 7) is 0.987. The number of nitrogen functional groups attached to an aromatic ring is 1. The van der Waals surface area contributed by atoms with Crippen LogP contribution in [0.5, 0.6) is 11.5 Å². The zero-order chi connectivity index (χ0) is 19.2. The van der Waals surface area contributed by atoms with Crippen LogP contribution in [0.3, 0.4) is 0 Å². The van der Waals surface area contributed by atoms with E-state index in [1.807, 2.05) is 84.2 Å². The Kier molecular flexibility index (Phi) is 5.54. The van der Waals surface area contributed by atoms with Gasteiger partial charge in [-0.25, -0.2) is 4.98 Å². The number of hydrogen-bond donors (Lipinski definition) is 1. The van der Waals surface area contributed by atoms with Crippen molar-refractivity contribution in [2.24, 2.45) is 0 Å². The van der Waals surface area contributed by atoms with Crippen molar-refractivity contribution in [1.82, 2.24) is 4.98 Å². The van der Waals surface area contributed by atoms with Crippen molar-refractivity contribution in [3.05, 3.63) is 95.4 Å². The first kappa shape index (κ1) is 18.1. The summed E-state index contributed by atoms with van der Waals surface area (Å²) in [7, 11) is 0. The largest absolute Gasteiger partial charge is 0.489 e. The highest BCUT2D eigenvalue weighted by atomic mass is 32.1. The van der Waals surface area contributed by atoms with Gasteiger partial charge in [0.25, 0.3) is 0 Å². The first-order chi connectivity index (χ1) is 13.8. The van der Waals surface area contributed by atoms with E-state index in [-0.39, 0.29) is 0 Å². The fraction of sp³-hybridized carbons (Fsp3) is 0.0870. The van der Waals surface area contributed by atoms with Crippen LogP contribution in [-0.2, 0) is 13.2 Å². The monoisotopic (exact) mass is 388 g/mol. The Bertz CT molecular complexity index is 1030. The predicted molar refractivity (Wildman–Crippen MR) is 114 cm³/mol. The smallest absolute Gasteiger partial charge is 0.180 e. The zero-order valence-corrected chi connectivity index (χ0v) is 16.1. The summed E-state index contributed by atoms with van der Waals surface area (Å²) in [4.78, 5) is 4.42. The summed E-state index contributed by atoms with van der Waals surface area (Å²) in [5, 5.41) is 2.46. The molecular weight excluding hydrogens is 368 g/mol. The maximum Gasteiger partial charge on any atom is 0.180 e. The van der Waals surface area contributed by atoms with Crippen LogP contribution >= 0.6 is 11.3 Å². The lowest BCUT2D eigenvalue weighted by atomic mass is 10.1. The summed E-state index contributed by atoms with van der Waals surface area (Å²) in [6.07, 6.45) is 0. The van der Waals surface area contributed by atoms with Crippen LogP contribution in [0.15, 0.2) is 84.2 Å². The fourth-order valence-corrected chi connectivity index (χ4v) is 3.38. The average molecular weight is 388 g/mol. The van der Waals surface area contributed by atoms with Crippen molar-refractivity contribution in [3.8, 4) is 22.8 Å². The fourth-order valence-electron chi connectivity index (χ4n) is 2.81. The van der Waals surface area contributed by atoms with Gasteiger partial charge in [-0.05, 0) is 29.3 Å². The number of nitrogens with zero attached hydrogens (tertiary/aromatic N) is 1. The van der Waals surface area contributed by atoms with Gasteiger partial charge in [-0.3, -0.25) is 0 Å². The molecule has 0 saturated carbocycles. The molecule has 0 aliphatic rings. The van der Waals surface area contributed by atoms with Gasteiger partial charge >= 0.3 is 0 Å². The van der Waals surface area contributed by atoms with E-state index in [0.717, 1.165) is 33.9 Å². The quantitative estimate of drug-likeness (QED) is 0.451. The molecule has 0 atom stereocenters. The third-order valence-corrected chi connectivity index (χ3v) is 4.91. The summed E-state index contributed by atoms with van der Waals surface area (Å²) in [5.41, 5.74) is 9.72. The molecule has 0 bridgehead atoms. The number of benzene rings is 3. The molecule has 28 heavy (non-hydrogen) atoms. The van der Waals surface area contributed by atoms with Crippen molar-refractivity contribution in [3.63, 3.8) is 0 Å². The van der Waals surface area contributed by atoms with Crippen LogP contribution in [0, 0.1) is 0 Å². The van der Waals surface area contributed by atoms with Crippen LogP contribution in [0.2, 0.25) is 0 Å². The lowest BCUT2D eigenvalue weighted by Gasteiger charge is -2.13. The van der Waals surface area contributed by atoms with E-state index in [2.05, 4.69) is 4.98 Å². The summed E-state index contributed by atoms with van der Waals surface area (Å²) >= 11 is 1.41. The van der Waals surface area contributed by atoms with Crippen LogP contribution in [-0.4, -0.2) is 4.98 Å². The number of hydrogen-bond acceptors (Lipinski definition) is 5. The highest BCUT2D eigenvalue weighted by Gasteiger charge is 2.12. The molecule has 4 aromatic rings. The maximum atomic E-state index is 6.07. The molecule has 0 amide bonds. The zero-order valence-electron chi connectivity index (χ0n) is 15.2.